The van der Waals surface area contributed by atoms with Crippen molar-refractivity contribution in [3.8, 4) is 5.75 Å². The summed E-state index contributed by atoms with van der Waals surface area (Å²) in [6, 6.07) is 5.24. The minimum atomic E-state index is -0.207. The molecule has 0 aliphatic carbocycles. The van der Waals surface area contributed by atoms with Gasteiger partial charge in [-0.2, -0.15) is 0 Å². The minimum Gasteiger partial charge on any atom is -0.495 e. The number of unbranched alkanes of at least 4 members (excludes halogenated alkanes) is 1. The molecule has 134 valence electrons. The summed E-state index contributed by atoms with van der Waals surface area (Å²) < 4.78 is 5.36. The van der Waals surface area contributed by atoms with Crippen LogP contribution in [0.2, 0.25) is 5.02 Å². The molecule has 0 spiro atoms. The van der Waals surface area contributed by atoms with E-state index in [-0.39, 0.29) is 5.91 Å². The maximum absolute atomic E-state index is 12.2. The Labute approximate surface area is 153 Å². The van der Waals surface area contributed by atoms with Crippen molar-refractivity contribution in [1.29, 1.82) is 0 Å². The molecule has 0 radical (unpaired) electrons. The molecule has 0 saturated heterocycles. The van der Waals surface area contributed by atoms with Crippen LogP contribution < -0.4 is 15.4 Å². The molecule has 0 aliphatic rings. The van der Waals surface area contributed by atoms with Gasteiger partial charge in [-0.15, -0.1) is 0 Å². The Morgan fingerprint density at radius 2 is 2.00 bits per heavy atom. The number of hydrogen-bond acceptors (Lipinski definition) is 5. The highest BCUT2D eigenvalue weighted by Crippen LogP contribution is 2.32. The summed E-state index contributed by atoms with van der Waals surface area (Å²) in [4.78, 5) is 20.8. The molecule has 7 heteroatoms. The average molecular weight is 363 g/mol. The lowest BCUT2D eigenvalue weighted by Crippen LogP contribution is -2.25. The molecule has 1 aromatic carbocycles. The van der Waals surface area contributed by atoms with Crippen molar-refractivity contribution >= 4 is 29.0 Å². The lowest BCUT2D eigenvalue weighted by molar-refractivity contribution is 0.0948. The molecule has 0 fully saturated rings. The van der Waals surface area contributed by atoms with E-state index >= 15 is 0 Å². The van der Waals surface area contributed by atoms with E-state index in [1.807, 2.05) is 13.0 Å². The zero-order chi connectivity index (χ0) is 18.4. The van der Waals surface area contributed by atoms with Crippen LogP contribution in [0.25, 0.3) is 0 Å². The van der Waals surface area contributed by atoms with E-state index in [0.717, 1.165) is 24.1 Å². The number of rotatable bonds is 7. The number of carbonyl (C=O) groups excluding carboxylic acids is 1. The van der Waals surface area contributed by atoms with Crippen molar-refractivity contribution in [3.63, 3.8) is 0 Å². The number of ether oxygens (including phenoxy) is 1. The van der Waals surface area contributed by atoms with E-state index in [1.54, 1.807) is 26.2 Å². The summed E-state index contributed by atoms with van der Waals surface area (Å²) in [5.74, 6) is 1.42. The number of anilines is 2. The third kappa shape index (κ3) is 5.06. The van der Waals surface area contributed by atoms with Gasteiger partial charge in [-0.1, -0.05) is 24.9 Å². The minimum absolute atomic E-state index is 0.207. The number of carbonyl (C=O) groups is 1. The Balaban J connectivity index is 2.26. The highest BCUT2D eigenvalue weighted by atomic mass is 35.5. The molecule has 0 unspecified atom stereocenters. The number of nitrogens with zero attached hydrogens (tertiary/aromatic N) is 2. The molecule has 0 atom stereocenters. The summed E-state index contributed by atoms with van der Waals surface area (Å²) in [5, 5.41) is 6.66. The molecule has 0 aliphatic heterocycles. The maximum Gasteiger partial charge on any atom is 0.270 e. The summed E-state index contributed by atoms with van der Waals surface area (Å²) in [7, 11) is 1.57. The van der Waals surface area contributed by atoms with Crippen LogP contribution in [0.4, 0.5) is 11.5 Å². The van der Waals surface area contributed by atoms with Crippen molar-refractivity contribution in [1.82, 2.24) is 15.3 Å². The third-order valence-corrected chi connectivity index (χ3v) is 4.04. The highest BCUT2D eigenvalue weighted by molar-refractivity contribution is 6.31. The van der Waals surface area contributed by atoms with Gasteiger partial charge in [0.15, 0.2) is 0 Å². The van der Waals surface area contributed by atoms with E-state index in [4.69, 9.17) is 16.3 Å². The van der Waals surface area contributed by atoms with Gasteiger partial charge in [0, 0.05) is 23.7 Å². The average Bonchev–Trinajstić information content (AvgIpc) is 2.57. The van der Waals surface area contributed by atoms with Crippen LogP contribution >= 0.6 is 11.6 Å². The van der Waals surface area contributed by atoms with E-state index in [0.29, 0.717) is 34.7 Å². The van der Waals surface area contributed by atoms with E-state index < -0.39 is 0 Å². The zero-order valence-electron chi connectivity index (χ0n) is 14.9. The predicted octanol–water partition coefficient (Wildman–Crippen LogP) is 4.03. The number of aryl methyl sites for hydroxylation is 2. The Bertz CT molecular complexity index is 765. The van der Waals surface area contributed by atoms with Crippen molar-refractivity contribution in [2.75, 3.05) is 19.0 Å². The highest BCUT2D eigenvalue weighted by Gasteiger charge is 2.12. The number of methoxy groups -OCH3 is 1. The van der Waals surface area contributed by atoms with Crippen molar-refractivity contribution in [2.45, 2.75) is 33.6 Å². The van der Waals surface area contributed by atoms with Crippen molar-refractivity contribution in [2.24, 2.45) is 0 Å². The number of hydrogen-bond donors (Lipinski definition) is 2. The number of benzene rings is 1. The molecule has 6 nitrogen and oxygen atoms in total. The Kier molecular flexibility index (Phi) is 6.58. The number of amides is 1. The summed E-state index contributed by atoms with van der Waals surface area (Å²) in [6.07, 6.45) is 1.95. The molecule has 2 rings (SSSR count). The Hall–Kier alpha value is -2.34. The topological polar surface area (TPSA) is 76.1 Å². The van der Waals surface area contributed by atoms with Crippen LogP contribution in [0.5, 0.6) is 5.75 Å². The van der Waals surface area contributed by atoms with Gasteiger partial charge in [-0.3, -0.25) is 4.79 Å². The van der Waals surface area contributed by atoms with Crippen LogP contribution in [0, 0.1) is 13.8 Å². The summed E-state index contributed by atoms with van der Waals surface area (Å²) in [6.45, 7) is 6.36. The van der Waals surface area contributed by atoms with Crippen LogP contribution in [0.15, 0.2) is 18.2 Å². The molecule has 2 aromatic rings. The van der Waals surface area contributed by atoms with Gasteiger partial charge in [0.1, 0.15) is 23.1 Å². The van der Waals surface area contributed by atoms with Crippen LogP contribution in [-0.2, 0) is 0 Å². The molecule has 1 aromatic heterocycles. The molecule has 1 heterocycles. The quantitative estimate of drug-likeness (QED) is 0.727. The SMILES string of the molecule is CCCCNC(=O)c1cc(Nc2cc(C)c(Cl)cc2OC)nc(C)n1. The fourth-order valence-corrected chi connectivity index (χ4v) is 2.44. The van der Waals surface area contributed by atoms with E-state index in [9.17, 15) is 4.79 Å². The van der Waals surface area contributed by atoms with Crippen LogP contribution in [0.1, 0.15) is 41.6 Å². The van der Waals surface area contributed by atoms with E-state index in [2.05, 4.69) is 27.5 Å². The molecule has 25 heavy (non-hydrogen) atoms. The van der Waals surface area contributed by atoms with E-state index in [1.165, 1.54) is 0 Å². The Morgan fingerprint density at radius 3 is 2.68 bits per heavy atom. The lowest BCUT2D eigenvalue weighted by atomic mass is 10.2. The monoisotopic (exact) mass is 362 g/mol. The number of aromatic nitrogens is 2. The smallest absolute Gasteiger partial charge is 0.270 e. The van der Waals surface area contributed by atoms with Crippen LogP contribution in [-0.4, -0.2) is 29.5 Å². The van der Waals surface area contributed by atoms with Gasteiger partial charge in [0.05, 0.1) is 12.8 Å². The predicted molar refractivity (Wildman–Crippen MR) is 100 cm³/mol. The lowest BCUT2D eigenvalue weighted by Gasteiger charge is -2.13. The zero-order valence-corrected chi connectivity index (χ0v) is 15.7. The van der Waals surface area contributed by atoms with Gasteiger partial charge >= 0.3 is 0 Å². The van der Waals surface area contributed by atoms with Gasteiger partial charge in [0.2, 0.25) is 0 Å². The maximum atomic E-state index is 12.2. The second kappa shape index (κ2) is 8.67. The first kappa shape index (κ1) is 19.0. The molecule has 2 N–H and O–H groups in total. The molecule has 1 amide bonds. The van der Waals surface area contributed by atoms with Crippen molar-refractivity contribution < 1.29 is 9.53 Å². The molecular formula is C18H23ClN4O2. The largest absolute Gasteiger partial charge is 0.495 e. The first-order chi connectivity index (χ1) is 11.9. The molecular weight excluding hydrogens is 340 g/mol. The van der Waals surface area contributed by atoms with Crippen molar-refractivity contribution in [3.05, 3.63) is 40.3 Å². The van der Waals surface area contributed by atoms with Gasteiger partial charge < -0.3 is 15.4 Å². The number of nitrogens with one attached hydrogen (secondary N) is 2. The normalized spacial score (nSPS) is 10.4. The molecule has 0 saturated carbocycles. The first-order valence-corrected chi connectivity index (χ1v) is 8.57. The summed E-state index contributed by atoms with van der Waals surface area (Å²) in [5.41, 5.74) is 1.96. The van der Waals surface area contributed by atoms with Crippen LogP contribution in [0.3, 0.4) is 0 Å². The number of halogens is 1. The molecule has 0 bridgehead atoms. The van der Waals surface area contributed by atoms with Gasteiger partial charge in [-0.05, 0) is 31.9 Å². The standard InChI is InChI=1S/C18H23ClN4O2/c1-5-6-7-20-18(24)15-10-17(22-12(3)21-15)23-14-8-11(2)13(19)9-16(14)25-4/h8-10H,5-7H2,1-4H3,(H,20,24)(H,21,22,23). The van der Waals surface area contributed by atoms with Gasteiger partial charge in [-0.25, -0.2) is 9.97 Å². The fraction of sp³-hybridized carbons (Fsp3) is 0.389. The second-order valence-corrected chi connectivity index (χ2v) is 6.13. The third-order valence-electron chi connectivity index (χ3n) is 3.63. The first-order valence-electron chi connectivity index (χ1n) is 8.19. The van der Waals surface area contributed by atoms with Gasteiger partial charge in [0.25, 0.3) is 5.91 Å². The second-order valence-electron chi connectivity index (χ2n) is 5.72. The Morgan fingerprint density at radius 1 is 1.24 bits per heavy atom. The fourth-order valence-electron chi connectivity index (χ4n) is 2.29. The summed E-state index contributed by atoms with van der Waals surface area (Å²) >= 11 is 6.13.